The van der Waals surface area contributed by atoms with E-state index in [-0.39, 0.29) is 5.91 Å². The number of hydrogen-bond acceptors (Lipinski definition) is 4. The molecule has 0 atom stereocenters. The smallest absolute Gasteiger partial charge is 0.253 e. The maximum Gasteiger partial charge on any atom is 0.253 e. The second kappa shape index (κ2) is 11.9. The normalized spacial score (nSPS) is 12.7. The van der Waals surface area contributed by atoms with Crippen LogP contribution in [0.4, 0.5) is 0 Å². The molecule has 0 aliphatic carbocycles. The van der Waals surface area contributed by atoms with Gasteiger partial charge in [-0.3, -0.25) is 4.79 Å². The van der Waals surface area contributed by atoms with Crippen molar-refractivity contribution in [1.82, 2.24) is 20.3 Å². The molecule has 37 heavy (non-hydrogen) atoms. The monoisotopic (exact) mass is 494 g/mol. The van der Waals surface area contributed by atoms with Gasteiger partial charge >= 0.3 is 0 Å². The number of aromatic amines is 1. The number of amides is 1. The summed E-state index contributed by atoms with van der Waals surface area (Å²) in [5.41, 5.74) is 6.48. The Labute approximate surface area is 218 Å². The predicted octanol–water partition coefficient (Wildman–Crippen LogP) is 6.83. The molecule has 5 rings (SSSR count). The van der Waals surface area contributed by atoms with Gasteiger partial charge in [0.2, 0.25) is 0 Å². The molecule has 4 aromatic rings. The zero-order valence-electron chi connectivity index (χ0n) is 21.4. The number of carbonyl (C=O) groups excluding carboxylic acids is 1. The lowest BCUT2D eigenvalue weighted by Crippen LogP contribution is -2.31. The minimum absolute atomic E-state index is 0.0361. The quantitative estimate of drug-likeness (QED) is 0.224. The van der Waals surface area contributed by atoms with E-state index in [0.717, 1.165) is 59.0 Å². The third-order valence-corrected chi connectivity index (χ3v) is 6.83. The van der Waals surface area contributed by atoms with E-state index in [0.29, 0.717) is 17.9 Å². The summed E-state index contributed by atoms with van der Waals surface area (Å²) >= 11 is 0. The highest BCUT2D eigenvalue weighted by molar-refractivity contribution is 5.97. The Kier molecular flexibility index (Phi) is 7.94. The Morgan fingerprint density at radius 3 is 2.32 bits per heavy atom. The Balaban J connectivity index is 1.21. The van der Waals surface area contributed by atoms with E-state index in [2.05, 4.69) is 46.5 Å². The van der Waals surface area contributed by atoms with E-state index in [9.17, 15) is 4.79 Å². The van der Waals surface area contributed by atoms with Crippen LogP contribution >= 0.6 is 0 Å². The lowest BCUT2D eigenvalue weighted by molar-refractivity contribution is 0.0946. The molecule has 2 aromatic heterocycles. The molecule has 1 amide bonds. The van der Waals surface area contributed by atoms with E-state index >= 15 is 0 Å². The molecule has 1 aliphatic heterocycles. The Bertz CT molecular complexity index is 1330. The van der Waals surface area contributed by atoms with Crippen LogP contribution in [0.25, 0.3) is 33.9 Å². The van der Waals surface area contributed by atoms with E-state index in [1.165, 1.54) is 32.1 Å². The summed E-state index contributed by atoms with van der Waals surface area (Å²) in [5, 5.41) is 2.88. The average Bonchev–Trinajstić information content (AvgIpc) is 3.39. The first kappa shape index (κ1) is 24.8. The zero-order chi connectivity index (χ0) is 25.5. The third kappa shape index (κ3) is 6.08. The minimum Gasteiger partial charge on any atom is -0.494 e. The zero-order valence-corrected chi connectivity index (χ0v) is 21.4. The Morgan fingerprint density at radius 2 is 1.57 bits per heavy atom. The topological polar surface area (TPSA) is 79.9 Å². The number of fused-ring (bicyclic) bond motifs is 1. The minimum atomic E-state index is -0.0361. The average molecular weight is 495 g/mol. The maximum atomic E-state index is 12.1. The molecule has 0 radical (unpaired) electrons. The van der Waals surface area contributed by atoms with Crippen LogP contribution in [0.15, 0.2) is 66.9 Å². The predicted molar refractivity (Wildman–Crippen MR) is 148 cm³/mol. The molecule has 2 N–H and O–H groups in total. The largest absolute Gasteiger partial charge is 0.494 e. The van der Waals surface area contributed by atoms with Crippen molar-refractivity contribution in [3.63, 3.8) is 0 Å². The molecule has 6 heteroatoms. The van der Waals surface area contributed by atoms with E-state index < -0.39 is 0 Å². The van der Waals surface area contributed by atoms with Crippen LogP contribution in [-0.4, -0.2) is 34.0 Å². The van der Waals surface area contributed by atoms with Gasteiger partial charge in [0.05, 0.1) is 23.6 Å². The summed E-state index contributed by atoms with van der Waals surface area (Å²) in [4.78, 5) is 24.7. The molecule has 0 fully saturated rings. The molecule has 3 heterocycles. The number of rotatable bonds is 11. The summed E-state index contributed by atoms with van der Waals surface area (Å²) in [6.45, 7) is 3.67. The van der Waals surface area contributed by atoms with Crippen LogP contribution in [0.1, 0.15) is 61.5 Å². The molecule has 0 saturated heterocycles. The van der Waals surface area contributed by atoms with Crippen molar-refractivity contribution in [2.24, 2.45) is 0 Å². The van der Waals surface area contributed by atoms with Crippen molar-refractivity contribution in [2.75, 3.05) is 13.2 Å². The lowest BCUT2D eigenvalue weighted by atomic mass is 10.0. The van der Waals surface area contributed by atoms with Crippen LogP contribution in [0, 0.1) is 0 Å². The number of carbonyl (C=O) groups is 1. The van der Waals surface area contributed by atoms with Crippen molar-refractivity contribution in [3.8, 4) is 39.7 Å². The molecule has 0 bridgehead atoms. The van der Waals surface area contributed by atoms with Crippen LogP contribution in [0.5, 0.6) is 5.75 Å². The second-order valence-corrected chi connectivity index (χ2v) is 9.56. The van der Waals surface area contributed by atoms with Crippen LogP contribution in [0.3, 0.4) is 0 Å². The van der Waals surface area contributed by atoms with E-state index in [1.807, 2.05) is 36.4 Å². The standard InChI is InChI=1S/C31H34N4O2/c1-2-3-4-5-6-7-20-37-25-14-12-23(13-15-25)22-8-10-24(11-9-22)30-32-18-17-28(35-30)29-21-26-27(34-29)16-19-33-31(26)36/h8-15,17-18,21,34H,2-7,16,19-20H2,1H3,(H,33,36). The number of H-pyrrole nitrogens is 1. The van der Waals surface area contributed by atoms with Crippen molar-refractivity contribution in [1.29, 1.82) is 0 Å². The second-order valence-electron chi connectivity index (χ2n) is 9.56. The number of nitrogens with one attached hydrogen (secondary N) is 2. The van der Waals surface area contributed by atoms with Crippen LogP contribution in [0.2, 0.25) is 0 Å². The molecular formula is C31H34N4O2. The van der Waals surface area contributed by atoms with Gasteiger partial charge in [0.25, 0.3) is 5.91 Å². The summed E-state index contributed by atoms with van der Waals surface area (Å²) in [7, 11) is 0. The van der Waals surface area contributed by atoms with Crippen molar-refractivity contribution < 1.29 is 9.53 Å². The molecule has 0 spiro atoms. The SMILES string of the molecule is CCCCCCCCOc1ccc(-c2ccc(-c3nccc(-c4cc5c([nH]4)CCNC5=O)n3)cc2)cc1. The number of ether oxygens (including phenoxy) is 1. The Morgan fingerprint density at radius 1 is 0.865 bits per heavy atom. The van der Waals surface area contributed by atoms with Gasteiger partial charge in [-0.1, -0.05) is 75.4 Å². The molecular weight excluding hydrogens is 460 g/mol. The van der Waals surface area contributed by atoms with E-state index in [4.69, 9.17) is 9.72 Å². The summed E-state index contributed by atoms with van der Waals surface area (Å²) in [5.74, 6) is 1.54. The van der Waals surface area contributed by atoms with Crippen LogP contribution < -0.4 is 10.1 Å². The van der Waals surface area contributed by atoms with Gasteiger partial charge in [-0.2, -0.15) is 0 Å². The van der Waals surface area contributed by atoms with Crippen molar-refractivity contribution >= 4 is 5.91 Å². The number of benzene rings is 2. The van der Waals surface area contributed by atoms with Gasteiger partial charge in [-0.05, 0) is 41.8 Å². The highest BCUT2D eigenvalue weighted by atomic mass is 16.5. The number of unbranched alkanes of at least 4 members (excludes halogenated alkanes) is 5. The van der Waals surface area contributed by atoms with Crippen molar-refractivity contribution in [3.05, 3.63) is 78.1 Å². The van der Waals surface area contributed by atoms with Gasteiger partial charge < -0.3 is 15.0 Å². The molecule has 6 nitrogen and oxygen atoms in total. The molecule has 2 aromatic carbocycles. The lowest BCUT2D eigenvalue weighted by Gasteiger charge is -2.10. The first-order valence-corrected chi connectivity index (χ1v) is 13.4. The first-order valence-electron chi connectivity index (χ1n) is 13.4. The number of nitrogens with zero attached hydrogens (tertiary/aromatic N) is 2. The maximum absolute atomic E-state index is 12.1. The van der Waals surface area contributed by atoms with Gasteiger partial charge in [-0.15, -0.1) is 0 Å². The molecule has 0 saturated carbocycles. The van der Waals surface area contributed by atoms with Crippen molar-refractivity contribution in [2.45, 2.75) is 51.9 Å². The fourth-order valence-corrected chi connectivity index (χ4v) is 4.71. The molecule has 0 unspecified atom stereocenters. The van der Waals surface area contributed by atoms with Gasteiger partial charge in [0.1, 0.15) is 5.75 Å². The molecule has 1 aliphatic rings. The third-order valence-electron chi connectivity index (χ3n) is 6.83. The summed E-state index contributed by atoms with van der Waals surface area (Å²) < 4.78 is 5.92. The fraction of sp³-hybridized carbons (Fsp3) is 0.323. The summed E-state index contributed by atoms with van der Waals surface area (Å²) in [6.07, 6.45) is 10.1. The highest BCUT2D eigenvalue weighted by Gasteiger charge is 2.20. The number of hydrogen-bond donors (Lipinski definition) is 2. The van der Waals surface area contributed by atoms with Gasteiger partial charge in [0.15, 0.2) is 5.82 Å². The fourth-order valence-electron chi connectivity index (χ4n) is 4.71. The Hall–Kier alpha value is -3.93. The van der Waals surface area contributed by atoms with Gasteiger partial charge in [-0.25, -0.2) is 9.97 Å². The molecule has 190 valence electrons. The number of aromatic nitrogens is 3. The first-order chi connectivity index (χ1) is 18.2. The highest BCUT2D eigenvalue weighted by Crippen LogP contribution is 2.27. The summed E-state index contributed by atoms with van der Waals surface area (Å²) in [6, 6.07) is 20.3. The van der Waals surface area contributed by atoms with Crippen LogP contribution in [-0.2, 0) is 6.42 Å². The van der Waals surface area contributed by atoms with E-state index in [1.54, 1.807) is 6.20 Å². The van der Waals surface area contributed by atoms with Gasteiger partial charge in [0, 0.05) is 30.4 Å².